The van der Waals surface area contributed by atoms with E-state index in [4.69, 9.17) is 5.11 Å². The molecule has 2 aromatic heterocycles. The third kappa shape index (κ3) is 2.25. The minimum Gasteiger partial charge on any atom is -0.477 e. The predicted molar refractivity (Wildman–Crippen MR) is 60.9 cm³/mol. The fraction of sp³-hybridized carbons (Fsp3) is 0.182. The number of nitrogens with zero attached hydrogens (tertiary/aromatic N) is 2. The van der Waals surface area contributed by atoms with Gasteiger partial charge in [0.05, 0.1) is 10.7 Å². The minimum atomic E-state index is -0.915. The van der Waals surface area contributed by atoms with Gasteiger partial charge in [-0.1, -0.05) is 6.07 Å². The summed E-state index contributed by atoms with van der Waals surface area (Å²) in [4.78, 5) is 19.6. The molecule has 5 heteroatoms. The lowest BCUT2D eigenvalue weighted by Crippen LogP contribution is -1.94. The van der Waals surface area contributed by atoms with Crippen LogP contribution >= 0.6 is 11.3 Å². The maximum atomic E-state index is 10.8. The molecule has 0 fully saturated rings. The molecule has 1 N–H and O–H groups in total. The van der Waals surface area contributed by atoms with E-state index in [-0.39, 0.29) is 0 Å². The topological polar surface area (TPSA) is 63.1 Å². The highest BCUT2D eigenvalue weighted by Gasteiger charge is 2.14. The first-order chi connectivity index (χ1) is 7.66. The third-order valence-corrected chi connectivity index (χ3v) is 3.24. The summed E-state index contributed by atoms with van der Waals surface area (Å²) in [7, 11) is 0. The molecule has 0 atom stereocenters. The first kappa shape index (κ1) is 10.8. The molecule has 2 aromatic rings. The number of hydrogen-bond acceptors (Lipinski definition) is 4. The van der Waals surface area contributed by atoms with Crippen molar-refractivity contribution in [2.45, 2.75) is 13.3 Å². The highest BCUT2D eigenvalue weighted by Crippen LogP contribution is 2.19. The van der Waals surface area contributed by atoms with Gasteiger partial charge in [0.15, 0.2) is 0 Å². The first-order valence-corrected chi connectivity index (χ1v) is 5.58. The Morgan fingerprint density at radius 2 is 2.31 bits per heavy atom. The molecule has 2 heterocycles. The number of rotatable bonds is 3. The summed E-state index contributed by atoms with van der Waals surface area (Å²) in [6.45, 7) is 1.71. The molecule has 0 aromatic carbocycles. The Hall–Kier alpha value is -1.75. The standard InChI is InChI=1S/C11H10N2O2S/c1-7-10(11(14)15)16-9(13-7)6-8-4-2-3-5-12-8/h2-5H,6H2,1H3,(H,14,15). The van der Waals surface area contributed by atoms with Crippen molar-refractivity contribution in [3.05, 3.63) is 45.7 Å². The van der Waals surface area contributed by atoms with Crippen molar-refractivity contribution in [1.82, 2.24) is 9.97 Å². The number of hydrogen-bond donors (Lipinski definition) is 1. The fourth-order valence-electron chi connectivity index (χ4n) is 1.38. The van der Waals surface area contributed by atoms with Gasteiger partial charge in [0, 0.05) is 18.3 Å². The molecule has 4 nitrogen and oxygen atoms in total. The molecule has 0 unspecified atom stereocenters. The molecule has 0 saturated carbocycles. The van der Waals surface area contributed by atoms with Crippen molar-refractivity contribution >= 4 is 17.3 Å². The van der Waals surface area contributed by atoms with E-state index in [1.54, 1.807) is 13.1 Å². The van der Waals surface area contributed by atoms with Crippen LogP contribution in [0.15, 0.2) is 24.4 Å². The van der Waals surface area contributed by atoms with E-state index in [1.165, 1.54) is 11.3 Å². The number of aryl methyl sites for hydroxylation is 1. The van der Waals surface area contributed by atoms with Crippen molar-refractivity contribution in [1.29, 1.82) is 0 Å². The number of carbonyl (C=O) groups is 1. The van der Waals surface area contributed by atoms with Crippen LogP contribution in [-0.4, -0.2) is 21.0 Å². The zero-order chi connectivity index (χ0) is 11.5. The van der Waals surface area contributed by atoms with Gasteiger partial charge in [0.1, 0.15) is 4.88 Å². The van der Waals surface area contributed by atoms with E-state index in [0.717, 1.165) is 10.7 Å². The molecule has 0 spiro atoms. The Balaban J connectivity index is 2.23. The van der Waals surface area contributed by atoms with Gasteiger partial charge in [0.25, 0.3) is 0 Å². The molecule has 0 amide bonds. The van der Waals surface area contributed by atoms with Crippen LogP contribution in [0.25, 0.3) is 0 Å². The van der Waals surface area contributed by atoms with Crippen LogP contribution in [0, 0.1) is 6.92 Å². The van der Waals surface area contributed by atoms with Gasteiger partial charge in [-0.15, -0.1) is 11.3 Å². The molecule has 0 aliphatic carbocycles. The van der Waals surface area contributed by atoms with Gasteiger partial charge in [0.2, 0.25) is 0 Å². The Bertz CT molecular complexity index is 508. The molecule has 0 saturated heterocycles. The molecule has 0 aliphatic rings. The van der Waals surface area contributed by atoms with Crippen molar-refractivity contribution in [2.75, 3.05) is 0 Å². The number of carboxylic acid groups (broad SMARTS) is 1. The number of thiazole rings is 1. The van der Waals surface area contributed by atoms with Crippen molar-refractivity contribution in [3.63, 3.8) is 0 Å². The number of pyridine rings is 1. The summed E-state index contributed by atoms with van der Waals surface area (Å²) >= 11 is 1.21. The Kier molecular flexibility index (Phi) is 2.96. The van der Waals surface area contributed by atoms with Crippen LogP contribution in [0.5, 0.6) is 0 Å². The highest BCUT2D eigenvalue weighted by atomic mass is 32.1. The van der Waals surface area contributed by atoms with Gasteiger partial charge in [-0.25, -0.2) is 9.78 Å². The number of aromatic nitrogens is 2. The van der Waals surface area contributed by atoms with E-state index in [0.29, 0.717) is 17.0 Å². The first-order valence-electron chi connectivity index (χ1n) is 4.76. The second kappa shape index (κ2) is 4.40. The van der Waals surface area contributed by atoms with Gasteiger partial charge < -0.3 is 5.11 Å². The average Bonchev–Trinajstić information content (AvgIpc) is 2.61. The molecule has 16 heavy (non-hydrogen) atoms. The minimum absolute atomic E-state index is 0.311. The summed E-state index contributed by atoms with van der Waals surface area (Å²) in [5.74, 6) is -0.915. The maximum Gasteiger partial charge on any atom is 0.347 e. The monoisotopic (exact) mass is 234 g/mol. The summed E-state index contributed by atoms with van der Waals surface area (Å²) in [6.07, 6.45) is 2.30. The number of aromatic carboxylic acids is 1. The van der Waals surface area contributed by atoms with E-state index < -0.39 is 5.97 Å². The second-order valence-corrected chi connectivity index (χ2v) is 4.41. The molecule has 0 radical (unpaired) electrons. The van der Waals surface area contributed by atoms with E-state index in [1.807, 2.05) is 18.2 Å². The zero-order valence-electron chi connectivity index (χ0n) is 8.67. The molecular weight excluding hydrogens is 224 g/mol. The Morgan fingerprint density at radius 1 is 1.50 bits per heavy atom. The van der Waals surface area contributed by atoms with Gasteiger partial charge in [-0.3, -0.25) is 4.98 Å². The Morgan fingerprint density at radius 3 is 2.88 bits per heavy atom. The smallest absolute Gasteiger partial charge is 0.347 e. The summed E-state index contributed by atoms with van der Waals surface area (Å²) in [6, 6.07) is 5.65. The lowest BCUT2D eigenvalue weighted by atomic mass is 10.3. The van der Waals surface area contributed by atoms with Gasteiger partial charge >= 0.3 is 5.97 Å². The van der Waals surface area contributed by atoms with Gasteiger partial charge in [-0.2, -0.15) is 0 Å². The van der Waals surface area contributed by atoms with Crippen LogP contribution in [0.2, 0.25) is 0 Å². The quantitative estimate of drug-likeness (QED) is 0.883. The lowest BCUT2D eigenvalue weighted by molar-refractivity contribution is 0.0701. The molecular formula is C11H10N2O2S. The molecule has 0 bridgehead atoms. The van der Waals surface area contributed by atoms with Crippen LogP contribution < -0.4 is 0 Å². The zero-order valence-corrected chi connectivity index (χ0v) is 9.49. The maximum absolute atomic E-state index is 10.8. The van der Waals surface area contributed by atoms with Gasteiger partial charge in [-0.05, 0) is 19.1 Å². The lowest BCUT2D eigenvalue weighted by Gasteiger charge is -1.94. The molecule has 2 rings (SSSR count). The van der Waals surface area contributed by atoms with Crippen LogP contribution in [0.4, 0.5) is 0 Å². The largest absolute Gasteiger partial charge is 0.477 e. The highest BCUT2D eigenvalue weighted by molar-refractivity contribution is 7.13. The van der Waals surface area contributed by atoms with Crippen LogP contribution in [0.3, 0.4) is 0 Å². The number of carboxylic acids is 1. The van der Waals surface area contributed by atoms with E-state index in [2.05, 4.69) is 9.97 Å². The van der Waals surface area contributed by atoms with E-state index >= 15 is 0 Å². The third-order valence-electron chi connectivity index (χ3n) is 2.09. The van der Waals surface area contributed by atoms with Crippen molar-refractivity contribution in [2.24, 2.45) is 0 Å². The van der Waals surface area contributed by atoms with E-state index in [9.17, 15) is 4.79 Å². The predicted octanol–water partition coefficient (Wildman–Crippen LogP) is 2.14. The second-order valence-electron chi connectivity index (χ2n) is 3.33. The molecule has 82 valence electrons. The SMILES string of the molecule is Cc1nc(Cc2ccccn2)sc1C(=O)O. The average molecular weight is 234 g/mol. The molecule has 0 aliphatic heterocycles. The van der Waals surface area contributed by atoms with Crippen molar-refractivity contribution in [3.8, 4) is 0 Å². The summed E-state index contributed by atoms with van der Waals surface area (Å²) in [5.41, 5.74) is 1.47. The van der Waals surface area contributed by atoms with Crippen molar-refractivity contribution < 1.29 is 9.90 Å². The normalized spacial score (nSPS) is 10.3. The Labute approximate surface area is 96.6 Å². The van der Waals surface area contributed by atoms with Crippen LogP contribution in [-0.2, 0) is 6.42 Å². The summed E-state index contributed by atoms with van der Waals surface area (Å²) < 4.78 is 0. The summed E-state index contributed by atoms with van der Waals surface area (Å²) in [5, 5.41) is 9.69. The van der Waals surface area contributed by atoms with Crippen LogP contribution in [0.1, 0.15) is 26.1 Å². The fourth-order valence-corrected chi connectivity index (χ4v) is 2.30.